The molecule has 7 heteroatoms. The molecular weight excluding hydrogens is 468 g/mol. The highest BCUT2D eigenvalue weighted by molar-refractivity contribution is 5.88. The maximum Gasteiger partial charge on any atom is 0.261 e. The summed E-state index contributed by atoms with van der Waals surface area (Å²) in [6.07, 6.45) is 1.19. The van der Waals surface area contributed by atoms with Gasteiger partial charge in [0, 0.05) is 37.7 Å². The van der Waals surface area contributed by atoms with Gasteiger partial charge in [0.2, 0.25) is 5.91 Å². The molecular formula is C30H36N2O5. The average Bonchev–Trinajstić information content (AvgIpc) is 2.93. The molecule has 3 aromatic carbocycles. The molecule has 196 valence electrons. The number of nitrogens with zero attached hydrogens (tertiary/aromatic N) is 1. The van der Waals surface area contributed by atoms with Gasteiger partial charge in [0.05, 0.1) is 14.2 Å². The van der Waals surface area contributed by atoms with Crippen LogP contribution in [0.1, 0.15) is 30.0 Å². The molecule has 37 heavy (non-hydrogen) atoms. The van der Waals surface area contributed by atoms with E-state index >= 15 is 0 Å². The van der Waals surface area contributed by atoms with Crippen molar-refractivity contribution in [2.24, 2.45) is 0 Å². The Morgan fingerprint density at radius 1 is 0.892 bits per heavy atom. The quantitative estimate of drug-likeness (QED) is 0.369. The Kier molecular flexibility index (Phi) is 10.4. The van der Waals surface area contributed by atoms with E-state index in [4.69, 9.17) is 14.2 Å². The van der Waals surface area contributed by atoms with E-state index in [9.17, 15) is 9.59 Å². The van der Waals surface area contributed by atoms with E-state index in [1.807, 2.05) is 68.4 Å². The molecule has 0 aliphatic heterocycles. The van der Waals surface area contributed by atoms with Crippen LogP contribution in [0.2, 0.25) is 0 Å². The lowest BCUT2D eigenvalue weighted by atomic mass is 10.0. The van der Waals surface area contributed by atoms with Crippen LogP contribution >= 0.6 is 0 Å². The topological polar surface area (TPSA) is 77.1 Å². The van der Waals surface area contributed by atoms with E-state index in [2.05, 4.69) is 5.32 Å². The van der Waals surface area contributed by atoms with E-state index in [1.165, 1.54) is 0 Å². The van der Waals surface area contributed by atoms with Crippen LogP contribution in [0.5, 0.6) is 17.2 Å². The lowest BCUT2D eigenvalue weighted by Crippen LogP contribution is -2.51. The van der Waals surface area contributed by atoms with Crippen LogP contribution in [0.4, 0.5) is 0 Å². The third-order valence-corrected chi connectivity index (χ3v) is 6.11. The summed E-state index contributed by atoms with van der Waals surface area (Å²) in [4.78, 5) is 28.7. The van der Waals surface area contributed by atoms with Gasteiger partial charge in [-0.25, -0.2) is 0 Å². The summed E-state index contributed by atoms with van der Waals surface area (Å²) < 4.78 is 16.5. The summed E-state index contributed by atoms with van der Waals surface area (Å²) in [5, 5.41) is 2.99. The van der Waals surface area contributed by atoms with E-state index in [1.54, 1.807) is 37.3 Å². The van der Waals surface area contributed by atoms with Gasteiger partial charge >= 0.3 is 0 Å². The fourth-order valence-corrected chi connectivity index (χ4v) is 3.98. The maximum absolute atomic E-state index is 13.7. The number of hydrogen-bond acceptors (Lipinski definition) is 5. The molecule has 7 nitrogen and oxygen atoms in total. The highest BCUT2D eigenvalue weighted by Crippen LogP contribution is 2.27. The van der Waals surface area contributed by atoms with Gasteiger partial charge in [-0.3, -0.25) is 9.59 Å². The van der Waals surface area contributed by atoms with Crippen molar-refractivity contribution >= 4 is 11.8 Å². The van der Waals surface area contributed by atoms with Crippen molar-refractivity contribution in [1.29, 1.82) is 0 Å². The molecule has 0 aliphatic carbocycles. The summed E-state index contributed by atoms with van der Waals surface area (Å²) in [5.41, 5.74) is 2.99. The number of benzene rings is 3. The number of carbonyl (C=O) groups is 2. The number of aryl methyl sites for hydroxylation is 1. The molecule has 1 N–H and O–H groups in total. The Bertz CT molecular complexity index is 1140. The fourth-order valence-electron chi connectivity index (χ4n) is 3.98. The molecule has 1 atom stereocenters. The van der Waals surface area contributed by atoms with Gasteiger partial charge in [-0.15, -0.1) is 0 Å². The van der Waals surface area contributed by atoms with Gasteiger partial charge in [-0.2, -0.15) is 0 Å². The Morgan fingerprint density at radius 3 is 2.14 bits per heavy atom. The molecule has 0 aliphatic rings. The predicted molar refractivity (Wildman–Crippen MR) is 144 cm³/mol. The molecule has 0 radical (unpaired) electrons. The molecule has 0 heterocycles. The normalized spacial score (nSPS) is 11.4. The van der Waals surface area contributed by atoms with Crippen molar-refractivity contribution in [3.05, 3.63) is 89.5 Å². The second-order valence-electron chi connectivity index (χ2n) is 8.78. The van der Waals surface area contributed by atoms with Crippen LogP contribution in [0.3, 0.4) is 0 Å². The smallest absolute Gasteiger partial charge is 0.261 e. The standard InChI is InChI=1S/C30H36N2O5/c1-5-15-31-30(34)28(16-23-12-7-6-8-13-23)32(20-24-14-10-9-11-22(24)2)29(33)21-37-27-18-25(35-3)17-26(19-27)36-4/h6-14,17-19,28H,5,15-16,20-21H2,1-4H3,(H,31,34)/t28-/m0/s1. The van der Waals surface area contributed by atoms with E-state index in [0.29, 0.717) is 30.2 Å². The van der Waals surface area contributed by atoms with Gasteiger partial charge in [0.1, 0.15) is 23.3 Å². The van der Waals surface area contributed by atoms with Gasteiger partial charge in [0.25, 0.3) is 5.91 Å². The van der Waals surface area contributed by atoms with Gasteiger partial charge in [-0.1, -0.05) is 61.5 Å². The lowest BCUT2D eigenvalue weighted by molar-refractivity contribution is -0.142. The van der Waals surface area contributed by atoms with E-state index in [-0.39, 0.29) is 25.0 Å². The molecule has 3 rings (SSSR count). The molecule has 0 unspecified atom stereocenters. The van der Waals surface area contributed by atoms with Crippen molar-refractivity contribution in [2.45, 2.75) is 39.3 Å². The Balaban J connectivity index is 1.91. The van der Waals surface area contributed by atoms with Crippen molar-refractivity contribution in [3.63, 3.8) is 0 Å². The summed E-state index contributed by atoms with van der Waals surface area (Å²) in [5.74, 6) is 1.07. The summed E-state index contributed by atoms with van der Waals surface area (Å²) >= 11 is 0. The van der Waals surface area contributed by atoms with Gasteiger partial charge in [-0.05, 0) is 30.0 Å². The highest BCUT2D eigenvalue weighted by Gasteiger charge is 2.30. The van der Waals surface area contributed by atoms with Crippen LogP contribution in [-0.2, 0) is 22.6 Å². The van der Waals surface area contributed by atoms with Gasteiger partial charge < -0.3 is 24.4 Å². The van der Waals surface area contributed by atoms with E-state index in [0.717, 1.165) is 23.1 Å². The second-order valence-corrected chi connectivity index (χ2v) is 8.78. The Labute approximate surface area is 219 Å². The number of carbonyl (C=O) groups excluding carboxylic acids is 2. The number of hydrogen-bond donors (Lipinski definition) is 1. The minimum absolute atomic E-state index is 0.185. The van der Waals surface area contributed by atoms with Crippen LogP contribution in [0.15, 0.2) is 72.8 Å². The van der Waals surface area contributed by atoms with Gasteiger partial charge in [0.15, 0.2) is 6.61 Å². The van der Waals surface area contributed by atoms with Crippen molar-refractivity contribution in [3.8, 4) is 17.2 Å². The van der Waals surface area contributed by atoms with Crippen molar-refractivity contribution in [2.75, 3.05) is 27.4 Å². The minimum atomic E-state index is -0.704. The van der Waals surface area contributed by atoms with Crippen LogP contribution in [0.25, 0.3) is 0 Å². The summed E-state index contributed by atoms with van der Waals surface area (Å²) in [6.45, 7) is 4.58. The molecule has 3 aromatic rings. The number of methoxy groups -OCH3 is 2. The first kappa shape index (κ1) is 27.6. The zero-order valence-corrected chi connectivity index (χ0v) is 22.0. The van der Waals surface area contributed by atoms with Crippen LogP contribution in [0, 0.1) is 6.92 Å². The number of nitrogens with one attached hydrogen (secondary N) is 1. The number of rotatable bonds is 13. The van der Waals surface area contributed by atoms with Crippen molar-refractivity contribution < 1.29 is 23.8 Å². The zero-order valence-electron chi connectivity index (χ0n) is 22.0. The van der Waals surface area contributed by atoms with Crippen molar-refractivity contribution in [1.82, 2.24) is 10.2 Å². The summed E-state index contributed by atoms with van der Waals surface area (Å²) in [6, 6.07) is 22.0. The SMILES string of the molecule is CCCNC(=O)[C@H](Cc1ccccc1)N(Cc1ccccc1C)C(=O)COc1cc(OC)cc(OC)c1. The first-order valence-corrected chi connectivity index (χ1v) is 12.5. The molecule has 0 fully saturated rings. The molecule has 0 bridgehead atoms. The van der Waals surface area contributed by atoms with Crippen LogP contribution < -0.4 is 19.5 Å². The highest BCUT2D eigenvalue weighted by atomic mass is 16.5. The largest absolute Gasteiger partial charge is 0.496 e. The predicted octanol–water partition coefficient (Wildman–Crippen LogP) is 4.56. The summed E-state index contributed by atoms with van der Waals surface area (Å²) in [7, 11) is 3.10. The minimum Gasteiger partial charge on any atom is -0.496 e. The molecule has 2 amide bonds. The molecule has 0 saturated heterocycles. The second kappa shape index (κ2) is 13.9. The first-order valence-electron chi connectivity index (χ1n) is 12.5. The van der Waals surface area contributed by atoms with E-state index < -0.39 is 6.04 Å². The third-order valence-electron chi connectivity index (χ3n) is 6.11. The third kappa shape index (κ3) is 8.00. The fraction of sp³-hybridized carbons (Fsp3) is 0.333. The Morgan fingerprint density at radius 2 is 1.51 bits per heavy atom. The first-order chi connectivity index (χ1) is 17.9. The monoisotopic (exact) mass is 504 g/mol. The number of amides is 2. The average molecular weight is 505 g/mol. The number of ether oxygens (including phenoxy) is 3. The molecule has 0 saturated carbocycles. The molecule has 0 aromatic heterocycles. The van der Waals surface area contributed by atoms with Crippen LogP contribution in [-0.4, -0.2) is 50.1 Å². The lowest BCUT2D eigenvalue weighted by Gasteiger charge is -2.32. The maximum atomic E-state index is 13.7. The molecule has 0 spiro atoms. The Hall–Kier alpha value is -4.00. The zero-order chi connectivity index (χ0) is 26.6.